The van der Waals surface area contributed by atoms with Gasteiger partial charge in [-0.2, -0.15) is 0 Å². The van der Waals surface area contributed by atoms with Crippen molar-refractivity contribution in [2.75, 3.05) is 13.7 Å². The van der Waals surface area contributed by atoms with Gasteiger partial charge in [0.1, 0.15) is 0 Å². The van der Waals surface area contributed by atoms with Crippen LogP contribution in [0.2, 0.25) is 5.15 Å². The van der Waals surface area contributed by atoms with Gasteiger partial charge in [0, 0.05) is 25.2 Å². The van der Waals surface area contributed by atoms with E-state index in [0.29, 0.717) is 11.8 Å². The van der Waals surface area contributed by atoms with Crippen LogP contribution in [0, 0.1) is 0 Å². The Labute approximate surface area is 86.5 Å². The third-order valence-electron chi connectivity index (χ3n) is 2.02. The van der Waals surface area contributed by atoms with Gasteiger partial charge in [-0.05, 0) is 12.1 Å². The smallest absolute Gasteiger partial charge is 0.162 e. The summed E-state index contributed by atoms with van der Waals surface area (Å²) >= 11 is 5.72. The van der Waals surface area contributed by atoms with Crippen molar-refractivity contribution < 1.29 is 4.74 Å². The number of rotatable bonds is 3. The summed E-state index contributed by atoms with van der Waals surface area (Å²) in [5.74, 6) is 0. The van der Waals surface area contributed by atoms with E-state index >= 15 is 0 Å². The van der Waals surface area contributed by atoms with E-state index in [1.165, 1.54) is 0 Å². The Bertz CT molecular complexity index is 441. The summed E-state index contributed by atoms with van der Waals surface area (Å²) in [4.78, 5) is 0. The van der Waals surface area contributed by atoms with Gasteiger partial charge in [0.2, 0.25) is 0 Å². The van der Waals surface area contributed by atoms with Gasteiger partial charge in [0.25, 0.3) is 0 Å². The number of methoxy groups -OCH3 is 1. The van der Waals surface area contributed by atoms with Crippen molar-refractivity contribution in [1.82, 2.24) is 14.8 Å². The maximum Gasteiger partial charge on any atom is 0.162 e. The highest BCUT2D eigenvalue weighted by atomic mass is 35.5. The highest BCUT2D eigenvalue weighted by molar-refractivity contribution is 6.29. The first kappa shape index (κ1) is 9.43. The molecule has 0 radical (unpaired) electrons. The zero-order valence-corrected chi connectivity index (χ0v) is 8.53. The maximum absolute atomic E-state index is 5.72. The minimum atomic E-state index is 0.419. The standard InChI is InChI=1S/C9H10ClN3O/c1-14-5-4-13-3-2-7-6-8(10)11-12-9(7)13/h2-3,6H,4-5H2,1H3. The molecule has 2 aromatic rings. The van der Waals surface area contributed by atoms with Crippen LogP contribution in [0.15, 0.2) is 18.3 Å². The fourth-order valence-electron chi connectivity index (χ4n) is 1.33. The molecule has 0 atom stereocenters. The van der Waals surface area contributed by atoms with E-state index in [1.54, 1.807) is 13.2 Å². The summed E-state index contributed by atoms with van der Waals surface area (Å²) in [5.41, 5.74) is 0.839. The SMILES string of the molecule is COCCn1ccc2cc(Cl)nnc21. The van der Waals surface area contributed by atoms with Gasteiger partial charge >= 0.3 is 0 Å². The summed E-state index contributed by atoms with van der Waals surface area (Å²) < 4.78 is 6.98. The van der Waals surface area contributed by atoms with Gasteiger partial charge in [-0.15, -0.1) is 10.2 Å². The molecule has 0 amide bonds. The number of aromatic nitrogens is 3. The molecule has 0 N–H and O–H groups in total. The van der Waals surface area contributed by atoms with Crippen LogP contribution >= 0.6 is 11.6 Å². The maximum atomic E-state index is 5.72. The average molecular weight is 212 g/mol. The second-order valence-electron chi connectivity index (χ2n) is 2.95. The lowest BCUT2D eigenvalue weighted by atomic mass is 10.4. The first-order chi connectivity index (χ1) is 6.81. The van der Waals surface area contributed by atoms with Gasteiger partial charge in [-0.25, -0.2) is 0 Å². The second kappa shape index (κ2) is 3.94. The Morgan fingerprint density at radius 2 is 2.36 bits per heavy atom. The van der Waals surface area contributed by atoms with Gasteiger partial charge in [-0.1, -0.05) is 11.6 Å². The Kier molecular flexibility index (Phi) is 2.65. The van der Waals surface area contributed by atoms with Gasteiger partial charge in [-0.3, -0.25) is 0 Å². The van der Waals surface area contributed by atoms with Crippen molar-refractivity contribution in [3.05, 3.63) is 23.5 Å². The minimum absolute atomic E-state index is 0.419. The normalized spacial score (nSPS) is 11.0. The van der Waals surface area contributed by atoms with Crippen LogP contribution in [0.4, 0.5) is 0 Å². The topological polar surface area (TPSA) is 39.9 Å². The Balaban J connectivity index is 2.37. The van der Waals surface area contributed by atoms with Crippen LogP contribution in [0.25, 0.3) is 11.0 Å². The van der Waals surface area contributed by atoms with Gasteiger partial charge in [0.15, 0.2) is 10.8 Å². The van der Waals surface area contributed by atoms with Gasteiger partial charge < -0.3 is 9.30 Å². The Morgan fingerprint density at radius 1 is 1.50 bits per heavy atom. The quantitative estimate of drug-likeness (QED) is 0.777. The molecule has 2 heterocycles. The molecule has 4 nitrogen and oxygen atoms in total. The monoisotopic (exact) mass is 211 g/mol. The molecule has 0 spiro atoms. The number of ether oxygens (including phenoxy) is 1. The van der Waals surface area contributed by atoms with Crippen molar-refractivity contribution in [1.29, 1.82) is 0 Å². The fraction of sp³-hybridized carbons (Fsp3) is 0.333. The predicted octanol–water partition coefficient (Wildman–Crippen LogP) is 1.73. The lowest BCUT2D eigenvalue weighted by molar-refractivity contribution is 0.188. The predicted molar refractivity (Wildman–Crippen MR) is 54.4 cm³/mol. The van der Waals surface area contributed by atoms with E-state index in [4.69, 9.17) is 16.3 Å². The third kappa shape index (κ3) is 1.71. The summed E-state index contributed by atoms with van der Waals surface area (Å²) in [6.07, 6.45) is 1.95. The first-order valence-electron chi connectivity index (χ1n) is 4.28. The molecule has 2 rings (SSSR count). The first-order valence-corrected chi connectivity index (χ1v) is 4.66. The number of nitrogens with zero attached hydrogens (tertiary/aromatic N) is 3. The molecule has 0 bridgehead atoms. The largest absolute Gasteiger partial charge is 0.383 e. The molecule has 2 aromatic heterocycles. The van der Waals surface area contributed by atoms with E-state index in [9.17, 15) is 0 Å². The second-order valence-corrected chi connectivity index (χ2v) is 3.34. The summed E-state index contributed by atoms with van der Waals surface area (Å²) in [6.45, 7) is 1.43. The number of halogens is 1. The molecule has 0 aromatic carbocycles. The molecule has 0 aliphatic rings. The lowest BCUT2D eigenvalue weighted by Gasteiger charge is -2.02. The number of hydrogen-bond donors (Lipinski definition) is 0. The van der Waals surface area contributed by atoms with Crippen LogP contribution in [-0.4, -0.2) is 28.5 Å². The molecule has 0 saturated carbocycles. The molecular formula is C9H10ClN3O. The molecule has 74 valence electrons. The molecule has 5 heteroatoms. The zero-order valence-electron chi connectivity index (χ0n) is 7.77. The minimum Gasteiger partial charge on any atom is -0.383 e. The fourth-order valence-corrected chi connectivity index (χ4v) is 1.49. The van der Waals surface area contributed by atoms with Crippen LogP contribution in [0.3, 0.4) is 0 Å². The molecule has 14 heavy (non-hydrogen) atoms. The van der Waals surface area contributed by atoms with E-state index in [0.717, 1.165) is 17.6 Å². The van der Waals surface area contributed by atoms with E-state index < -0.39 is 0 Å². The van der Waals surface area contributed by atoms with Crippen LogP contribution in [0.5, 0.6) is 0 Å². The van der Waals surface area contributed by atoms with E-state index in [-0.39, 0.29) is 0 Å². The summed E-state index contributed by atoms with van der Waals surface area (Å²) in [6, 6.07) is 3.76. The average Bonchev–Trinajstić information content (AvgIpc) is 2.57. The third-order valence-corrected chi connectivity index (χ3v) is 2.20. The lowest BCUT2D eigenvalue weighted by Crippen LogP contribution is -2.03. The number of fused-ring (bicyclic) bond motifs is 1. The van der Waals surface area contributed by atoms with Crippen LogP contribution < -0.4 is 0 Å². The van der Waals surface area contributed by atoms with Gasteiger partial charge in [0.05, 0.1) is 6.61 Å². The van der Waals surface area contributed by atoms with Crippen LogP contribution in [-0.2, 0) is 11.3 Å². The molecule has 0 unspecified atom stereocenters. The Morgan fingerprint density at radius 3 is 3.14 bits per heavy atom. The van der Waals surface area contributed by atoms with Crippen molar-refractivity contribution in [3.8, 4) is 0 Å². The van der Waals surface area contributed by atoms with Crippen molar-refractivity contribution in [3.63, 3.8) is 0 Å². The van der Waals surface area contributed by atoms with E-state index in [1.807, 2.05) is 16.8 Å². The molecule has 0 aliphatic heterocycles. The molecule has 0 saturated heterocycles. The van der Waals surface area contributed by atoms with Crippen molar-refractivity contribution in [2.45, 2.75) is 6.54 Å². The van der Waals surface area contributed by atoms with E-state index in [2.05, 4.69) is 10.2 Å². The molecular weight excluding hydrogens is 202 g/mol. The zero-order chi connectivity index (χ0) is 9.97. The number of hydrogen-bond acceptors (Lipinski definition) is 3. The Hall–Kier alpha value is -1.13. The van der Waals surface area contributed by atoms with Crippen molar-refractivity contribution >= 4 is 22.6 Å². The molecule has 0 aliphatic carbocycles. The summed E-state index contributed by atoms with van der Waals surface area (Å²) in [5, 5.41) is 9.24. The van der Waals surface area contributed by atoms with Crippen LogP contribution in [0.1, 0.15) is 0 Å². The van der Waals surface area contributed by atoms with Crippen molar-refractivity contribution in [2.24, 2.45) is 0 Å². The highest BCUT2D eigenvalue weighted by Gasteiger charge is 2.03. The molecule has 0 fully saturated rings. The highest BCUT2D eigenvalue weighted by Crippen LogP contribution is 2.15. The summed E-state index contributed by atoms with van der Waals surface area (Å²) in [7, 11) is 1.67.